The molecule has 1 atom stereocenters. The van der Waals surface area contributed by atoms with Crippen LogP contribution < -0.4 is 10.5 Å². The van der Waals surface area contributed by atoms with E-state index in [0.717, 1.165) is 6.26 Å². The lowest BCUT2D eigenvalue weighted by Gasteiger charge is -2.31. The zero-order valence-electron chi connectivity index (χ0n) is 8.38. The highest BCUT2D eigenvalue weighted by molar-refractivity contribution is 8.07. The van der Waals surface area contributed by atoms with E-state index in [4.69, 9.17) is 5.14 Å². The molecule has 1 aliphatic rings. The van der Waals surface area contributed by atoms with E-state index in [-0.39, 0.29) is 0 Å². The molecule has 90 valence electrons. The molecule has 1 unspecified atom stereocenters. The van der Waals surface area contributed by atoms with E-state index in [1.807, 2.05) is 0 Å². The maximum Gasteiger partial charge on any atom is 0.240 e. The fourth-order valence-corrected chi connectivity index (χ4v) is 4.94. The van der Waals surface area contributed by atoms with Gasteiger partial charge in [0.15, 0.2) is 9.84 Å². The van der Waals surface area contributed by atoms with Crippen molar-refractivity contribution in [3.8, 4) is 0 Å². The first-order valence-corrected chi connectivity index (χ1v) is 7.94. The average Bonchev–Trinajstić information content (AvgIpc) is 2.00. The third-order valence-electron chi connectivity index (χ3n) is 2.10. The van der Waals surface area contributed by atoms with Gasteiger partial charge in [0.05, 0.1) is 0 Å². The highest BCUT2D eigenvalue weighted by atomic mass is 32.3. The highest BCUT2D eigenvalue weighted by Gasteiger charge is 2.38. The molecule has 0 spiro atoms. The maximum absolute atomic E-state index is 11.4. The Morgan fingerprint density at radius 1 is 1.20 bits per heavy atom. The number of nitrogens with zero attached hydrogens (tertiary/aromatic N) is 1. The van der Waals surface area contributed by atoms with Gasteiger partial charge in [0.25, 0.3) is 0 Å². The van der Waals surface area contributed by atoms with Crippen LogP contribution in [0.5, 0.6) is 0 Å². The molecular formula is C6H15N3O4S2. The van der Waals surface area contributed by atoms with Crippen LogP contribution in [0.25, 0.3) is 0 Å². The van der Waals surface area contributed by atoms with Crippen molar-refractivity contribution in [3.63, 3.8) is 0 Å². The SMILES string of the molecule is CS(=O)(=O)C(N1CCNCC1)S(N)(=O)=O. The Morgan fingerprint density at radius 2 is 1.67 bits per heavy atom. The lowest BCUT2D eigenvalue weighted by atomic mass is 10.4. The predicted molar refractivity (Wildman–Crippen MR) is 56.2 cm³/mol. The molecule has 0 radical (unpaired) electrons. The van der Waals surface area contributed by atoms with E-state index in [0.29, 0.717) is 26.2 Å². The van der Waals surface area contributed by atoms with Gasteiger partial charge < -0.3 is 5.32 Å². The largest absolute Gasteiger partial charge is 0.314 e. The molecule has 1 saturated heterocycles. The fraction of sp³-hybridized carbons (Fsp3) is 1.00. The number of nitrogens with two attached hydrogens (primary N) is 1. The molecular weight excluding hydrogens is 242 g/mol. The van der Waals surface area contributed by atoms with Gasteiger partial charge in [0.2, 0.25) is 14.7 Å². The Kier molecular flexibility index (Phi) is 3.71. The van der Waals surface area contributed by atoms with Crippen molar-refractivity contribution in [2.45, 2.75) is 4.71 Å². The first kappa shape index (κ1) is 12.8. The van der Waals surface area contributed by atoms with E-state index in [1.54, 1.807) is 0 Å². The van der Waals surface area contributed by atoms with Crippen LogP contribution in [0.3, 0.4) is 0 Å². The number of primary sulfonamides is 1. The Hall–Kier alpha value is -0.220. The highest BCUT2D eigenvalue weighted by Crippen LogP contribution is 2.12. The molecule has 9 heteroatoms. The molecule has 1 fully saturated rings. The number of sulfonamides is 1. The Morgan fingerprint density at radius 3 is 2.00 bits per heavy atom. The molecule has 0 saturated carbocycles. The lowest BCUT2D eigenvalue weighted by Crippen LogP contribution is -2.55. The van der Waals surface area contributed by atoms with Crippen LogP contribution in [-0.4, -0.2) is 58.9 Å². The van der Waals surface area contributed by atoms with E-state index in [9.17, 15) is 16.8 Å². The van der Waals surface area contributed by atoms with Crippen molar-refractivity contribution in [1.29, 1.82) is 0 Å². The Bertz CT molecular complexity index is 378. The molecule has 3 N–H and O–H groups in total. The molecule has 1 heterocycles. The topological polar surface area (TPSA) is 110 Å². The van der Waals surface area contributed by atoms with E-state index < -0.39 is 24.6 Å². The average molecular weight is 257 g/mol. The first-order chi connectivity index (χ1) is 6.73. The van der Waals surface area contributed by atoms with E-state index in [1.165, 1.54) is 4.90 Å². The van der Waals surface area contributed by atoms with Crippen LogP contribution in [0.15, 0.2) is 0 Å². The number of piperazine rings is 1. The summed E-state index contributed by atoms with van der Waals surface area (Å²) >= 11 is 0. The Balaban J connectivity index is 3.01. The van der Waals surface area contributed by atoms with Gasteiger partial charge in [0.1, 0.15) is 0 Å². The molecule has 0 amide bonds. The fourth-order valence-electron chi connectivity index (χ4n) is 1.62. The van der Waals surface area contributed by atoms with Gasteiger partial charge in [-0.2, -0.15) is 0 Å². The van der Waals surface area contributed by atoms with Crippen LogP contribution >= 0.6 is 0 Å². The number of hydrogen-bond acceptors (Lipinski definition) is 6. The summed E-state index contributed by atoms with van der Waals surface area (Å²) in [6.07, 6.45) is 0.879. The van der Waals surface area contributed by atoms with Crippen molar-refractivity contribution in [1.82, 2.24) is 10.2 Å². The van der Waals surface area contributed by atoms with Crippen LogP contribution in [-0.2, 0) is 19.9 Å². The molecule has 0 bridgehead atoms. The second kappa shape index (κ2) is 4.34. The van der Waals surface area contributed by atoms with E-state index in [2.05, 4.69) is 5.32 Å². The lowest BCUT2D eigenvalue weighted by molar-refractivity contribution is 0.253. The summed E-state index contributed by atoms with van der Waals surface area (Å²) in [5.41, 5.74) is 0. The first-order valence-electron chi connectivity index (χ1n) is 4.38. The normalized spacial score (nSPS) is 22.5. The van der Waals surface area contributed by atoms with Gasteiger partial charge in [-0.05, 0) is 0 Å². The summed E-state index contributed by atoms with van der Waals surface area (Å²) in [5.74, 6) is 0. The van der Waals surface area contributed by atoms with Crippen molar-refractivity contribution >= 4 is 19.9 Å². The molecule has 0 aromatic carbocycles. The maximum atomic E-state index is 11.4. The monoisotopic (exact) mass is 257 g/mol. The van der Waals surface area contributed by atoms with Crippen LogP contribution in [0, 0.1) is 0 Å². The quantitative estimate of drug-likeness (QED) is 0.579. The number of hydrogen-bond donors (Lipinski definition) is 2. The number of rotatable bonds is 3. The molecule has 0 aromatic rings. The minimum Gasteiger partial charge on any atom is -0.314 e. The van der Waals surface area contributed by atoms with Gasteiger partial charge in [-0.1, -0.05) is 0 Å². The number of sulfone groups is 1. The summed E-state index contributed by atoms with van der Waals surface area (Å²) in [6.45, 7) is 1.82. The van der Waals surface area contributed by atoms with Gasteiger partial charge in [0, 0.05) is 32.4 Å². The van der Waals surface area contributed by atoms with Crippen molar-refractivity contribution in [3.05, 3.63) is 0 Å². The standard InChI is InChI=1S/C6H15N3O4S2/c1-14(10,11)6(15(7,12)13)9-4-2-8-3-5-9/h6,8H,2-5H2,1H3,(H2,7,12,13). The molecule has 0 aliphatic carbocycles. The van der Waals surface area contributed by atoms with Crippen LogP contribution in [0.2, 0.25) is 0 Å². The minimum atomic E-state index is -4.11. The zero-order valence-corrected chi connectivity index (χ0v) is 10.0. The third kappa shape index (κ3) is 3.38. The third-order valence-corrected chi connectivity index (χ3v) is 5.84. The number of nitrogens with one attached hydrogen (secondary N) is 1. The van der Waals surface area contributed by atoms with Gasteiger partial charge in [-0.3, -0.25) is 4.90 Å². The van der Waals surface area contributed by atoms with Gasteiger partial charge in [-0.25, -0.2) is 22.0 Å². The molecule has 1 rings (SSSR count). The second-order valence-electron chi connectivity index (χ2n) is 3.51. The zero-order chi connectivity index (χ0) is 11.7. The van der Waals surface area contributed by atoms with E-state index >= 15 is 0 Å². The molecule has 7 nitrogen and oxygen atoms in total. The van der Waals surface area contributed by atoms with Crippen molar-refractivity contribution < 1.29 is 16.8 Å². The van der Waals surface area contributed by atoms with Crippen LogP contribution in [0.4, 0.5) is 0 Å². The minimum absolute atomic E-state index is 0.355. The van der Waals surface area contributed by atoms with Gasteiger partial charge >= 0.3 is 0 Å². The summed E-state index contributed by atoms with van der Waals surface area (Å²) in [7, 11) is -7.85. The van der Waals surface area contributed by atoms with Crippen molar-refractivity contribution in [2.75, 3.05) is 32.4 Å². The van der Waals surface area contributed by atoms with Crippen LogP contribution in [0.1, 0.15) is 0 Å². The second-order valence-corrected chi connectivity index (χ2v) is 7.54. The molecule has 0 aromatic heterocycles. The summed E-state index contributed by atoms with van der Waals surface area (Å²) in [5, 5.41) is 7.93. The predicted octanol–water partition coefficient (Wildman–Crippen LogP) is -2.49. The molecule has 1 aliphatic heterocycles. The summed E-state index contributed by atoms with van der Waals surface area (Å²) in [6, 6.07) is 0. The van der Waals surface area contributed by atoms with Gasteiger partial charge in [-0.15, -0.1) is 0 Å². The van der Waals surface area contributed by atoms with Crippen molar-refractivity contribution in [2.24, 2.45) is 5.14 Å². The Labute approximate surface area is 89.6 Å². The smallest absolute Gasteiger partial charge is 0.240 e. The molecule has 15 heavy (non-hydrogen) atoms. The summed E-state index contributed by atoms with van der Waals surface area (Å²) < 4.78 is 43.5. The summed E-state index contributed by atoms with van der Waals surface area (Å²) in [4.78, 5) is 1.36.